The zero-order chi connectivity index (χ0) is 17.3. The Morgan fingerprint density at radius 2 is 1.56 bits per heavy atom. The molecule has 0 saturated carbocycles. The minimum absolute atomic E-state index is 0.0444. The van der Waals surface area contributed by atoms with Crippen LogP contribution in [-0.2, 0) is 16.9 Å². The summed E-state index contributed by atoms with van der Waals surface area (Å²) in [5.41, 5.74) is 3.00. The Hall–Kier alpha value is -2.43. The number of amides is 1. The van der Waals surface area contributed by atoms with E-state index in [9.17, 15) is 4.79 Å². The number of fused-ring (bicyclic) bond motifs is 1. The van der Waals surface area contributed by atoms with Crippen molar-refractivity contribution in [3.05, 3.63) is 100 Å². The summed E-state index contributed by atoms with van der Waals surface area (Å²) >= 11 is 3.46. The first-order valence-electron chi connectivity index (χ1n) is 8.16. The van der Waals surface area contributed by atoms with Crippen LogP contribution in [-0.4, -0.2) is 5.91 Å². The fourth-order valence-corrected chi connectivity index (χ4v) is 3.61. The third kappa shape index (κ3) is 2.77. The van der Waals surface area contributed by atoms with Gasteiger partial charge in [0.25, 0.3) is 5.91 Å². The average molecular weight is 393 g/mol. The molecule has 0 fully saturated rings. The fraction of sp³-hybridized carbons (Fsp3) is 0.0952. The van der Waals surface area contributed by atoms with E-state index in [1.165, 1.54) is 0 Å². The van der Waals surface area contributed by atoms with Crippen LogP contribution in [0.3, 0.4) is 0 Å². The van der Waals surface area contributed by atoms with Crippen LogP contribution in [0.4, 0.5) is 5.69 Å². The van der Waals surface area contributed by atoms with Gasteiger partial charge in [-0.25, -0.2) is 0 Å². The van der Waals surface area contributed by atoms with Crippen molar-refractivity contribution in [3.8, 4) is 0 Å². The Labute approximate surface area is 155 Å². The highest BCUT2D eigenvalue weighted by molar-refractivity contribution is 9.10. The molecule has 25 heavy (non-hydrogen) atoms. The molecule has 3 aromatic rings. The molecule has 1 aliphatic heterocycles. The molecular formula is C21H17BrN2O. The first-order chi connectivity index (χ1) is 12.2. The fourth-order valence-electron chi connectivity index (χ4n) is 3.35. The molecule has 0 radical (unpaired) electrons. The molecule has 0 aliphatic carbocycles. The number of carbonyl (C=O) groups excluding carboxylic acids is 1. The Kier molecular flexibility index (Phi) is 4.15. The van der Waals surface area contributed by atoms with E-state index in [0.717, 1.165) is 26.9 Å². The van der Waals surface area contributed by atoms with E-state index in [0.29, 0.717) is 6.54 Å². The molecule has 1 amide bonds. The smallest absolute Gasteiger partial charge is 0.254 e. The van der Waals surface area contributed by atoms with Crippen molar-refractivity contribution in [2.45, 2.75) is 12.1 Å². The van der Waals surface area contributed by atoms with Gasteiger partial charge >= 0.3 is 0 Å². The zero-order valence-electron chi connectivity index (χ0n) is 13.5. The maximum Gasteiger partial charge on any atom is 0.254 e. The van der Waals surface area contributed by atoms with E-state index < -0.39 is 5.54 Å². The molecule has 0 saturated heterocycles. The Morgan fingerprint density at radius 3 is 2.32 bits per heavy atom. The van der Waals surface area contributed by atoms with Gasteiger partial charge < -0.3 is 5.32 Å². The van der Waals surface area contributed by atoms with Crippen LogP contribution < -0.4 is 10.6 Å². The van der Waals surface area contributed by atoms with Crippen molar-refractivity contribution in [2.75, 3.05) is 5.32 Å². The van der Waals surface area contributed by atoms with Gasteiger partial charge in [-0.3, -0.25) is 10.1 Å². The van der Waals surface area contributed by atoms with Gasteiger partial charge in [0, 0.05) is 22.3 Å². The first kappa shape index (κ1) is 16.1. The molecule has 2 N–H and O–H groups in total. The molecule has 0 bridgehead atoms. The maximum atomic E-state index is 13.0. The third-order valence-electron chi connectivity index (χ3n) is 4.60. The number of nitrogens with one attached hydrogen (secondary N) is 2. The van der Waals surface area contributed by atoms with E-state index in [1.807, 2.05) is 66.7 Å². The molecule has 124 valence electrons. The maximum absolute atomic E-state index is 13.0. The molecule has 0 spiro atoms. The van der Waals surface area contributed by atoms with Crippen molar-refractivity contribution in [3.63, 3.8) is 0 Å². The van der Waals surface area contributed by atoms with Crippen LogP contribution >= 0.6 is 15.9 Å². The normalized spacial score (nSPS) is 18.7. The highest BCUT2D eigenvalue weighted by Gasteiger charge is 2.47. The topological polar surface area (TPSA) is 41.1 Å². The van der Waals surface area contributed by atoms with E-state index in [-0.39, 0.29) is 5.91 Å². The second-order valence-corrected chi connectivity index (χ2v) is 7.01. The Bertz CT molecular complexity index is 909. The van der Waals surface area contributed by atoms with Crippen LogP contribution in [0.25, 0.3) is 0 Å². The molecule has 4 rings (SSSR count). The molecule has 3 aromatic carbocycles. The van der Waals surface area contributed by atoms with Crippen molar-refractivity contribution in [1.82, 2.24) is 5.32 Å². The second-order valence-electron chi connectivity index (χ2n) is 6.10. The van der Waals surface area contributed by atoms with Crippen LogP contribution in [0.1, 0.15) is 16.7 Å². The molecule has 0 unspecified atom stereocenters. The van der Waals surface area contributed by atoms with Gasteiger partial charge in [-0.15, -0.1) is 0 Å². The summed E-state index contributed by atoms with van der Waals surface area (Å²) in [7, 11) is 0. The van der Waals surface area contributed by atoms with Gasteiger partial charge in [0.15, 0.2) is 5.54 Å². The van der Waals surface area contributed by atoms with Gasteiger partial charge in [0.1, 0.15) is 0 Å². The number of carbonyl (C=O) groups is 1. The van der Waals surface area contributed by atoms with Gasteiger partial charge in [-0.05, 0) is 29.3 Å². The lowest BCUT2D eigenvalue weighted by Gasteiger charge is -2.29. The van der Waals surface area contributed by atoms with Gasteiger partial charge in [0.2, 0.25) is 0 Å². The van der Waals surface area contributed by atoms with Gasteiger partial charge in [0.05, 0.1) is 0 Å². The predicted molar refractivity (Wildman–Crippen MR) is 103 cm³/mol. The summed E-state index contributed by atoms with van der Waals surface area (Å²) in [6.45, 7) is 0.587. The molecule has 1 aliphatic rings. The summed E-state index contributed by atoms with van der Waals surface area (Å²) in [5.74, 6) is -0.0444. The summed E-state index contributed by atoms with van der Waals surface area (Å²) in [5, 5.41) is 6.55. The highest BCUT2D eigenvalue weighted by Crippen LogP contribution is 2.40. The second kappa shape index (κ2) is 6.47. The Balaban J connectivity index is 1.78. The van der Waals surface area contributed by atoms with E-state index >= 15 is 0 Å². The first-order valence-corrected chi connectivity index (χ1v) is 8.95. The predicted octanol–water partition coefficient (Wildman–Crippen LogP) is 4.43. The summed E-state index contributed by atoms with van der Waals surface area (Å²) in [6.07, 6.45) is 0. The monoisotopic (exact) mass is 392 g/mol. The average Bonchev–Trinajstić information content (AvgIpc) is 2.94. The molecule has 3 nitrogen and oxygen atoms in total. The van der Waals surface area contributed by atoms with Crippen LogP contribution in [0.2, 0.25) is 0 Å². The number of benzene rings is 3. The lowest BCUT2D eigenvalue weighted by molar-refractivity contribution is -0.120. The van der Waals surface area contributed by atoms with Gasteiger partial charge in [-0.1, -0.05) is 76.6 Å². The number of para-hydroxylation sites is 1. The third-order valence-corrected chi connectivity index (χ3v) is 5.13. The standard InChI is InChI=1S/C21H17BrN2O/c22-17-12-10-15(11-13-17)14-23-21(16-6-2-1-3-7-16)18-8-4-5-9-19(18)24-20(21)25/h1-13,23H,14H2,(H,24,25)/t21-/m1/s1. The lowest BCUT2D eigenvalue weighted by Crippen LogP contribution is -2.48. The van der Waals surface area contributed by atoms with Crippen LogP contribution in [0.15, 0.2) is 83.3 Å². The number of halogens is 1. The zero-order valence-corrected chi connectivity index (χ0v) is 15.1. The lowest BCUT2D eigenvalue weighted by atomic mass is 9.83. The van der Waals surface area contributed by atoms with Crippen molar-refractivity contribution < 1.29 is 4.79 Å². The molecule has 0 aromatic heterocycles. The molecule has 1 heterocycles. The van der Waals surface area contributed by atoms with Crippen molar-refractivity contribution in [2.24, 2.45) is 0 Å². The number of rotatable bonds is 4. The summed E-state index contributed by atoms with van der Waals surface area (Å²) in [4.78, 5) is 13.0. The van der Waals surface area contributed by atoms with E-state index in [4.69, 9.17) is 0 Å². The van der Waals surface area contributed by atoms with Crippen LogP contribution in [0.5, 0.6) is 0 Å². The minimum Gasteiger partial charge on any atom is -0.324 e. The summed E-state index contributed by atoms with van der Waals surface area (Å²) < 4.78 is 1.04. The molecule has 1 atom stereocenters. The van der Waals surface area contributed by atoms with Crippen molar-refractivity contribution in [1.29, 1.82) is 0 Å². The molecular weight excluding hydrogens is 376 g/mol. The Morgan fingerprint density at radius 1 is 0.880 bits per heavy atom. The highest BCUT2D eigenvalue weighted by atomic mass is 79.9. The minimum atomic E-state index is -0.884. The van der Waals surface area contributed by atoms with Crippen LogP contribution in [0, 0.1) is 0 Å². The summed E-state index contributed by atoms with van der Waals surface area (Å²) in [6, 6.07) is 25.9. The largest absolute Gasteiger partial charge is 0.324 e. The van der Waals surface area contributed by atoms with Crippen molar-refractivity contribution >= 4 is 27.5 Å². The SMILES string of the molecule is O=C1Nc2ccccc2[C@]1(NCc1ccc(Br)cc1)c1ccccc1. The number of hydrogen-bond acceptors (Lipinski definition) is 2. The van der Waals surface area contributed by atoms with Gasteiger partial charge in [-0.2, -0.15) is 0 Å². The van der Waals surface area contributed by atoms with E-state index in [2.05, 4.69) is 38.7 Å². The number of anilines is 1. The quantitative estimate of drug-likeness (QED) is 0.689. The number of hydrogen-bond donors (Lipinski definition) is 2. The molecule has 4 heteroatoms. The van der Waals surface area contributed by atoms with E-state index in [1.54, 1.807) is 0 Å².